The van der Waals surface area contributed by atoms with Gasteiger partial charge in [-0.1, -0.05) is 54.1 Å². The Morgan fingerprint density at radius 3 is 2.45 bits per heavy atom. The zero-order valence-electron chi connectivity index (χ0n) is 15.9. The molecule has 0 bridgehead atoms. The fourth-order valence-electron chi connectivity index (χ4n) is 2.82. The Hall–Kier alpha value is -3.32. The lowest BCUT2D eigenvalue weighted by Gasteiger charge is -2.19. The smallest absolute Gasteiger partial charge is 0.315 e. The molecule has 1 aromatic heterocycles. The van der Waals surface area contributed by atoms with Gasteiger partial charge in [-0.3, -0.25) is 4.79 Å². The third kappa shape index (κ3) is 5.83. The molecule has 8 heteroatoms. The summed E-state index contributed by atoms with van der Waals surface area (Å²) < 4.78 is 1.83. The number of amides is 3. The van der Waals surface area contributed by atoms with E-state index in [4.69, 9.17) is 11.6 Å². The topological polar surface area (TPSA) is 88.1 Å². The minimum absolute atomic E-state index is 0.158. The van der Waals surface area contributed by atoms with Crippen molar-refractivity contribution in [2.75, 3.05) is 6.54 Å². The molecule has 3 N–H and O–H groups in total. The zero-order chi connectivity index (χ0) is 20.6. The molecule has 1 atom stereocenters. The molecule has 7 nitrogen and oxygen atoms in total. The van der Waals surface area contributed by atoms with Crippen LogP contribution in [0.1, 0.15) is 23.0 Å². The van der Waals surface area contributed by atoms with E-state index in [-0.39, 0.29) is 12.5 Å². The SMILES string of the molecule is Cn1ccnc1C(NC(=O)CNC(=O)NCc1ccccc1)c1ccc(Cl)cc1. The van der Waals surface area contributed by atoms with Crippen molar-refractivity contribution in [1.29, 1.82) is 0 Å². The van der Waals surface area contributed by atoms with E-state index < -0.39 is 12.1 Å². The van der Waals surface area contributed by atoms with E-state index in [1.807, 2.05) is 54.1 Å². The molecule has 29 heavy (non-hydrogen) atoms. The van der Waals surface area contributed by atoms with Crippen molar-refractivity contribution >= 4 is 23.5 Å². The Morgan fingerprint density at radius 2 is 1.79 bits per heavy atom. The maximum absolute atomic E-state index is 12.5. The number of benzene rings is 2. The second-order valence-corrected chi connectivity index (χ2v) is 6.91. The van der Waals surface area contributed by atoms with Crippen LogP contribution in [0.2, 0.25) is 5.02 Å². The number of urea groups is 1. The third-order valence-corrected chi connectivity index (χ3v) is 4.58. The molecule has 0 saturated carbocycles. The van der Waals surface area contributed by atoms with Crippen molar-refractivity contribution in [2.24, 2.45) is 7.05 Å². The normalized spacial score (nSPS) is 11.5. The van der Waals surface area contributed by atoms with Crippen LogP contribution in [-0.2, 0) is 18.4 Å². The van der Waals surface area contributed by atoms with Crippen LogP contribution in [0, 0.1) is 0 Å². The molecule has 3 amide bonds. The first-order valence-electron chi connectivity index (χ1n) is 9.10. The number of imidazole rings is 1. The van der Waals surface area contributed by atoms with Gasteiger partial charge >= 0.3 is 6.03 Å². The van der Waals surface area contributed by atoms with Crippen LogP contribution in [0.4, 0.5) is 4.79 Å². The Kier molecular flexibility index (Phi) is 6.86. The molecule has 1 heterocycles. The molecule has 0 aliphatic carbocycles. The van der Waals surface area contributed by atoms with Gasteiger partial charge in [0.25, 0.3) is 0 Å². The van der Waals surface area contributed by atoms with Gasteiger partial charge in [0.2, 0.25) is 5.91 Å². The van der Waals surface area contributed by atoms with Gasteiger partial charge in [-0.25, -0.2) is 9.78 Å². The fourth-order valence-corrected chi connectivity index (χ4v) is 2.95. The van der Waals surface area contributed by atoms with Gasteiger partial charge in [0.1, 0.15) is 11.9 Å². The lowest BCUT2D eigenvalue weighted by atomic mass is 10.1. The second kappa shape index (κ2) is 9.75. The first-order valence-corrected chi connectivity index (χ1v) is 9.48. The number of hydrogen-bond donors (Lipinski definition) is 3. The van der Waals surface area contributed by atoms with Gasteiger partial charge in [-0.05, 0) is 23.3 Å². The molecule has 0 radical (unpaired) electrons. The molecule has 3 aromatic rings. The van der Waals surface area contributed by atoms with Gasteiger partial charge in [-0.2, -0.15) is 0 Å². The summed E-state index contributed by atoms with van der Waals surface area (Å²) in [5.41, 5.74) is 1.82. The van der Waals surface area contributed by atoms with E-state index in [0.717, 1.165) is 11.1 Å². The van der Waals surface area contributed by atoms with E-state index in [0.29, 0.717) is 17.4 Å². The zero-order valence-corrected chi connectivity index (χ0v) is 16.7. The highest BCUT2D eigenvalue weighted by atomic mass is 35.5. The van der Waals surface area contributed by atoms with Gasteiger partial charge < -0.3 is 20.5 Å². The highest BCUT2D eigenvalue weighted by Crippen LogP contribution is 2.22. The molecule has 0 aliphatic rings. The summed E-state index contributed by atoms with van der Waals surface area (Å²) in [4.78, 5) is 28.8. The summed E-state index contributed by atoms with van der Waals surface area (Å²) in [6.07, 6.45) is 3.47. The van der Waals surface area contributed by atoms with Crippen LogP contribution in [-0.4, -0.2) is 28.0 Å². The average Bonchev–Trinajstić information content (AvgIpc) is 3.16. The molecule has 150 valence electrons. The van der Waals surface area contributed by atoms with Gasteiger partial charge in [0, 0.05) is 31.0 Å². The number of aromatic nitrogens is 2. The summed E-state index contributed by atoms with van der Waals surface area (Å²) in [5.74, 6) is 0.344. The molecular weight excluding hydrogens is 390 g/mol. The highest BCUT2D eigenvalue weighted by molar-refractivity contribution is 6.30. The first-order chi connectivity index (χ1) is 14.0. The summed E-state index contributed by atoms with van der Waals surface area (Å²) in [6.45, 7) is 0.226. The lowest BCUT2D eigenvalue weighted by molar-refractivity contribution is -0.120. The maximum atomic E-state index is 12.5. The number of carbonyl (C=O) groups is 2. The number of rotatable bonds is 7. The van der Waals surface area contributed by atoms with Crippen molar-refractivity contribution in [2.45, 2.75) is 12.6 Å². The minimum atomic E-state index is -0.464. The molecule has 0 saturated heterocycles. The summed E-state index contributed by atoms with van der Waals surface area (Å²) in [7, 11) is 1.85. The number of nitrogens with one attached hydrogen (secondary N) is 3. The Bertz CT molecular complexity index is 957. The van der Waals surface area contributed by atoms with Crippen molar-refractivity contribution < 1.29 is 9.59 Å². The first kappa shape index (κ1) is 20.4. The van der Waals surface area contributed by atoms with Crippen LogP contribution in [0.15, 0.2) is 67.0 Å². The van der Waals surface area contributed by atoms with Crippen LogP contribution < -0.4 is 16.0 Å². The Labute approximate surface area is 174 Å². The molecule has 3 rings (SSSR count). The van der Waals surface area contributed by atoms with E-state index in [2.05, 4.69) is 20.9 Å². The number of nitrogens with zero attached hydrogens (tertiary/aromatic N) is 2. The molecule has 0 fully saturated rings. The van der Waals surface area contributed by atoms with Crippen LogP contribution in [0.25, 0.3) is 0 Å². The quantitative estimate of drug-likeness (QED) is 0.558. The maximum Gasteiger partial charge on any atom is 0.315 e. The highest BCUT2D eigenvalue weighted by Gasteiger charge is 2.21. The van der Waals surface area contributed by atoms with Crippen molar-refractivity contribution in [1.82, 2.24) is 25.5 Å². The molecule has 0 aliphatic heterocycles. The van der Waals surface area contributed by atoms with E-state index in [9.17, 15) is 9.59 Å². The molecular formula is C21H22ClN5O2. The molecule has 2 aromatic carbocycles. The van der Waals surface area contributed by atoms with Crippen LogP contribution in [0.5, 0.6) is 0 Å². The van der Waals surface area contributed by atoms with E-state index in [1.165, 1.54) is 0 Å². The number of hydrogen-bond acceptors (Lipinski definition) is 3. The summed E-state index contributed by atoms with van der Waals surface area (Å²) >= 11 is 5.97. The standard InChI is InChI=1S/C21H22ClN5O2/c1-27-12-11-23-20(27)19(16-7-9-17(22)10-8-16)26-18(28)14-25-21(29)24-13-15-5-3-2-4-6-15/h2-12,19H,13-14H2,1H3,(H,26,28)(H2,24,25,29). The van der Waals surface area contributed by atoms with Gasteiger partial charge in [0.05, 0.1) is 6.54 Å². The predicted octanol–water partition coefficient (Wildman–Crippen LogP) is 2.78. The van der Waals surface area contributed by atoms with Crippen molar-refractivity contribution in [3.8, 4) is 0 Å². The van der Waals surface area contributed by atoms with Crippen LogP contribution >= 0.6 is 11.6 Å². The average molecular weight is 412 g/mol. The lowest BCUT2D eigenvalue weighted by Crippen LogP contribution is -2.43. The van der Waals surface area contributed by atoms with Gasteiger partial charge in [-0.15, -0.1) is 0 Å². The Balaban J connectivity index is 1.58. The van der Waals surface area contributed by atoms with Crippen molar-refractivity contribution in [3.63, 3.8) is 0 Å². The molecule has 1 unspecified atom stereocenters. The number of halogens is 1. The minimum Gasteiger partial charge on any atom is -0.341 e. The van der Waals surface area contributed by atoms with E-state index in [1.54, 1.807) is 24.5 Å². The Morgan fingerprint density at radius 1 is 1.07 bits per heavy atom. The largest absolute Gasteiger partial charge is 0.341 e. The van der Waals surface area contributed by atoms with Crippen molar-refractivity contribution in [3.05, 3.63) is 89.0 Å². The summed E-state index contributed by atoms with van der Waals surface area (Å²) in [6, 6.07) is 15.8. The summed E-state index contributed by atoms with van der Waals surface area (Å²) in [5, 5.41) is 8.81. The van der Waals surface area contributed by atoms with Crippen LogP contribution in [0.3, 0.4) is 0 Å². The number of carbonyl (C=O) groups excluding carboxylic acids is 2. The number of aryl methyl sites for hydroxylation is 1. The second-order valence-electron chi connectivity index (χ2n) is 6.47. The predicted molar refractivity (Wildman–Crippen MR) is 111 cm³/mol. The monoisotopic (exact) mass is 411 g/mol. The molecule has 0 spiro atoms. The fraction of sp³-hybridized carbons (Fsp3) is 0.190. The van der Waals surface area contributed by atoms with E-state index >= 15 is 0 Å². The van der Waals surface area contributed by atoms with Gasteiger partial charge in [0.15, 0.2) is 0 Å². The third-order valence-electron chi connectivity index (χ3n) is 4.33.